The zero-order chi connectivity index (χ0) is 11.0. The van der Waals surface area contributed by atoms with Gasteiger partial charge in [0.1, 0.15) is 11.6 Å². The first-order valence-corrected chi connectivity index (χ1v) is 4.57. The number of guanidine groups is 1. The summed E-state index contributed by atoms with van der Waals surface area (Å²) >= 11 is 0. The van der Waals surface area contributed by atoms with Crippen LogP contribution in [0.2, 0.25) is 0 Å². The minimum Gasteiger partial charge on any atom is -0.370 e. The van der Waals surface area contributed by atoms with Gasteiger partial charge in [0.05, 0.1) is 12.6 Å². The first-order chi connectivity index (χ1) is 7.09. The molecule has 2 N–H and O–H groups in total. The number of hydrogen-bond acceptors (Lipinski definition) is 3. The van der Waals surface area contributed by atoms with Gasteiger partial charge in [-0.1, -0.05) is 6.07 Å². The molecule has 0 fully saturated rings. The molecular formula is C10H11F2N3. The van der Waals surface area contributed by atoms with Crippen molar-refractivity contribution >= 4 is 5.96 Å². The van der Waals surface area contributed by atoms with Crippen molar-refractivity contribution in [3.05, 3.63) is 35.4 Å². The second kappa shape index (κ2) is 3.49. The third kappa shape index (κ3) is 1.65. The quantitative estimate of drug-likeness (QED) is 0.760. The van der Waals surface area contributed by atoms with E-state index in [1.165, 1.54) is 12.1 Å². The van der Waals surface area contributed by atoms with Crippen molar-refractivity contribution in [2.45, 2.75) is 6.04 Å². The van der Waals surface area contributed by atoms with Crippen molar-refractivity contribution < 1.29 is 8.78 Å². The summed E-state index contributed by atoms with van der Waals surface area (Å²) in [6.07, 6.45) is 0. The molecule has 0 aliphatic carbocycles. The standard InChI is InChI=1S/C10H11F2N3/c1-15-9(5-14-10(15)13)7-3-2-6(11)4-8(7)12/h2-4,9H,5H2,1H3,(H2,13,14). The number of likely N-dealkylation sites (N-methyl/N-ethyl adjacent to an activating group) is 1. The van der Waals surface area contributed by atoms with E-state index in [0.717, 1.165) is 6.07 Å². The molecule has 80 valence electrons. The van der Waals surface area contributed by atoms with Gasteiger partial charge in [-0.3, -0.25) is 4.99 Å². The maximum absolute atomic E-state index is 13.4. The number of benzene rings is 1. The summed E-state index contributed by atoms with van der Waals surface area (Å²) in [6, 6.07) is 3.31. The Kier molecular flexibility index (Phi) is 2.30. The van der Waals surface area contributed by atoms with Crippen molar-refractivity contribution in [3.8, 4) is 0 Å². The summed E-state index contributed by atoms with van der Waals surface area (Å²) in [4.78, 5) is 5.68. The fourth-order valence-electron chi connectivity index (χ4n) is 1.65. The van der Waals surface area contributed by atoms with Crippen LogP contribution in [0.1, 0.15) is 11.6 Å². The van der Waals surface area contributed by atoms with Crippen molar-refractivity contribution in [3.63, 3.8) is 0 Å². The third-order valence-corrected chi connectivity index (χ3v) is 2.58. The molecule has 1 aromatic carbocycles. The molecule has 3 nitrogen and oxygen atoms in total. The molecular weight excluding hydrogens is 200 g/mol. The number of hydrogen-bond donors (Lipinski definition) is 1. The van der Waals surface area contributed by atoms with Crippen LogP contribution < -0.4 is 5.73 Å². The molecule has 5 heteroatoms. The summed E-state index contributed by atoms with van der Waals surface area (Å²) in [5, 5.41) is 0. The van der Waals surface area contributed by atoms with Crippen LogP contribution >= 0.6 is 0 Å². The molecule has 0 aromatic heterocycles. The highest BCUT2D eigenvalue weighted by Crippen LogP contribution is 2.26. The molecule has 1 heterocycles. The lowest BCUT2D eigenvalue weighted by Gasteiger charge is -2.21. The topological polar surface area (TPSA) is 41.6 Å². The van der Waals surface area contributed by atoms with Gasteiger partial charge in [0.15, 0.2) is 5.96 Å². The molecule has 0 bridgehead atoms. The van der Waals surface area contributed by atoms with E-state index >= 15 is 0 Å². The van der Waals surface area contributed by atoms with E-state index in [1.54, 1.807) is 11.9 Å². The monoisotopic (exact) mass is 211 g/mol. The Morgan fingerprint density at radius 1 is 1.47 bits per heavy atom. The van der Waals surface area contributed by atoms with Crippen LogP contribution in [0.3, 0.4) is 0 Å². The van der Waals surface area contributed by atoms with Gasteiger partial charge in [-0.25, -0.2) is 8.78 Å². The van der Waals surface area contributed by atoms with E-state index in [0.29, 0.717) is 18.1 Å². The Morgan fingerprint density at radius 3 is 2.73 bits per heavy atom. The lowest BCUT2D eigenvalue weighted by molar-refractivity contribution is 0.398. The summed E-state index contributed by atoms with van der Waals surface area (Å²) in [7, 11) is 1.74. The summed E-state index contributed by atoms with van der Waals surface area (Å²) in [5.74, 6) is -0.758. The fourth-order valence-corrected chi connectivity index (χ4v) is 1.65. The summed E-state index contributed by atoms with van der Waals surface area (Å²) < 4.78 is 26.1. The van der Waals surface area contributed by atoms with Gasteiger partial charge in [-0.2, -0.15) is 0 Å². The Morgan fingerprint density at radius 2 is 2.20 bits per heavy atom. The van der Waals surface area contributed by atoms with Gasteiger partial charge in [0, 0.05) is 18.7 Å². The SMILES string of the molecule is CN1C(N)=NCC1c1ccc(F)cc1F. The van der Waals surface area contributed by atoms with E-state index in [1.807, 2.05) is 0 Å². The number of rotatable bonds is 1. The van der Waals surface area contributed by atoms with E-state index < -0.39 is 11.6 Å². The Hall–Kier alpha value is -1.65. The zero-order valence-electron chi connectivity index (χ0n) is 8.24. The molecule has 1 atom stereocenters. The molecule has 0 saturated carbocycles. The highest BCUT2D eigenvalue weighted by Gasteiger charge is 2.26. The molecule has 0 radical (unpaired) electrons. The predicted molar refractivity (Wildman–Crippen MR) is 53.4 cm³/mol. The van der Waals surface area contributed by atoms with Gasteiger partial charge >= 0.3 is 0 Å². The third-order valence-electron chi connectivity index (χ3n) is 2.58. The molecule has 15 heavy (non-hydrogen) atoms. The van der Waals surface area contributed by atoms with Gasteiger partial charge in [-0.05, 0) is 6.07 Å². The largest absolute Gasteiger partial charge is 0.370 e. The summed E-state index contributed by atoms with van der Waals surface area (Å²) in [6.45, 7) is 0.408. The molecule has 0 saturated heterocycles. The van der Waals surface area contributed by atoms with Gasteiger partial charge in [0.2, 0.25) is 0 Å². The number of nitrogens with zero attached hydrogens (tertiary/aromatic N) is 2. The molecule has 0 amide bonds. The van der Waals surface area contributed by atoms with Crippen molar-refractivity contribution in [1.82, 2.24) is 4.90 Å². The lowest BCUT2D eigenvalue weighted by atomic mass is 10.1. The average molecular weight is 211 g/mol. The second-order valence-electron chi connectivity index (χ2n) is 3.49. The van der Waals surface area contributed by atoms with Crippen LogP contribution in [0, 0.1) is 11.6 Å². The number of halogens is 2. The van der Waals surface area contributed by atoms with E-state index in [2.05, 4.69) is 4.99 Å². The molecule has 1 aliphatic heterocycles. The minimum absolute atomic E-state index is 0.231. The molecule has 1 aliphatic rings. The maximum atomic E-state index is 13.4. The Bertz CT molecular complexity index is 417. The average Bonchev–Trinajstić information content (AvgIpc) is 2.49. The summed E-state index contributed by atoms with van der Waals surface area (Å²) in [5.41, 5.74) is 5.98. The van der Waals surface area contributed by atoms with Crippen molar-refractivity contribution in [2.24, 2.45) is 10.7 Å². The highest BCUT2D eigenvalue weighted by atomic mass is 19.1. The maximum Gasteiger partial charge on any atom is 0.191 e. The normalized spacial score (nSPS) is 20.6. The van der Waals surface area contributed by atoms with Gasteiger partial charge in [-0.15, -0.1) is 0 Å². The smallest absolute Gasteiger partial charge is 0.191 e. The first-order valence-electron chi connectivity index (χ1n) is 4.57. The first kappa shape index (κ1) is 9.89. The van der Waals surface area contributed by atoms with Crippen LogP contribution in [0.5, 0.6) is 0 Å². The Balaban J connectivity index is 2.32. The Labute approximate surface area is 86.2 Å². The van der Waals surface area contributed by atoms with Gasteiger partial charge in [0.25, 0.3) is 0 Å². The highest BCUT2D eigenvalue weighted by molar-refractivity contribution is 5.80. The number of nitrogens with two attached hydrogens (primary N) is 1. The van der Waals surface area contributed by atoms with Crippen LogP contribution in [-0.2, 0) is 0 Å². The van der Waals surface area contributed by atoms with Crippen LogP contribution in [0.4, 0.5) is 8.78 Å². The molecule has 2 rings (SSSR count). The van der Waals surface area contributed by atoms with Crippen molar-refractivity contribution in [2.75, 3.05) is 13.6 Å². The van der Waals surface area contributed by atoms with Crippen LogP contribution in [0.15, 0.2) is 23.2 Å². The van der Waals surface area contributed by atoms with E-state index in [-0.39, 0.29) is 6.04 Å². The molecule has 0 spiro atoms. The van der Waals surface area contributed by atoms with E-state index in [9.17, 15) is 8.78 Å². The predicted octanol–water partition coefficient (Wildman–Crippen LogP) is 1.27. The van der Waals surface area contributed by atoms with Crippen LogP contribution in [-0.4, -0.2) is 24.5 Å². The fraction of sp³-hybridized carbons (Fsp3) is 0.300. The number of aliphatic imine (C=N–C) groups is 1. The van der Waals surface area contributed by atoms with Gasteiger partial charge < -0.3 is 10.6 Å². The molecule has 1 unspecified atom stereocenters. The zero-order valence-corrected chi connectivity index (χ0v) is 8.24. The minimum atomic E-state index is -0.578. The van der Waals surface area contributed by atoms with Crippen molar-refractivity contribution in [1.29, 1.82) is 0 Å². The second-order valence-corrected chi connectivity index (χ2v) is 3.49. The lowest BCUT2D eigenvalue weighted by Crippen LogP contribution is -2.32. The molecule has 1 aromatic rings. The van der Waals surface area contributed by atoms with Crippen LogP contribution in [0.25, 0.3) is 0 Å². The van der Waals surface area contributed by atoms with E-state index in [4.69, 9.17) is 5.73 Å².